The first-order chi connectivity index (χ1) is 15.3. The van der Waals surface area contributed by atoms with Gasteiger partial charge in [0, 0.05) is 24.5 Å². The normalized spacial score (nSPS) is 22.5. The Bertz CT molecular complexity index is 1130. The minimum Gasteiger partial charge on any atom is -0.331 e. The Labute approximate surface area is 181 Å². The number of amides is 1. The zero-order valence-corrected chi connectivity index (χ0v) is 17.2. The van der Waals surface area contributed by atoms with E-state index in [4.69, 9.17) is 0 Å². The average Bonchev–Trinajstić information content (AvgIpc) is 3.49. The minimum absolute atomic E-state index is 0.0156. The second-order valence-corrected chi connectivity index (χ2v) is 8.30. The molecule has 0 aromatic carbocycles. The molecule has 2 aliphatic heterocycles. The minimum atomic E-state index is -4.51. The predicted octanol–water partition coefficient (Wildman–Crippen LogP) is 3.02. The molecule has 3 unspecified atom stereocenters. The SMILES string of the molecule is Cc1cnc(C(=O)N2C3CCC2C(Cc2cnc(C(F)(F)F)cn2)C3)c(-n2nccn2)c1. The van der Waals surface area contributed by atoms with E-state index < -0.39 is 11.9 Å². The molecule has 2 aliphatic rings. The summed E-state index contributed by atoms with van der Waals surface area (Å²) in [5.41, 5.74) is 1.20. The Morgan fingerprint density at radius 1 is 1.09 bits per heavy atom. The lowest BCUT2D eigenvalue weighted by atomic mass is 9.86. The van der Waals surface area contributed by atoms with E-state index in [0.717, 1.165) is 31.0 Å². The maximum atomic E-state index is 13.5. The number of hydrogen-bond donors (Lipinski definition) is 0. The second-order valence-electron chi connectivity index (χ2n) is 8.30. The lowest BCUT2D eigenvalue weighted by Gasteiger charge is -2.25. The Morgan fingerprint density at radius 2 is 1.88 bits per heavy atom. The quantitative estimate of drug-likeness (QED) is 0.616. The van der Waals surface area contributed by atoms with Crippen LogP contribution in [0.2, 0.25) is 0 Å². The van der Waals surface area contributed by atoms with Crippen molar-refractivity contribution in [2.75, 3.05) is 0 Å². The average molecular weight is 443 g/mol. The molecule has 0 aliphatic carbocycles. The first-order valence-electron chi connectivity index (χ1n) is 10.4. The Kier molecular flexibility index (Phi) is 4.90. The van der Waals surface area contributed by atoms with Gasteiger partial charge in [0.05, 0.1) is 24.3 Å². The summed E-state index contributed by atoms with van der Waals surface area (Å²) in [5, 5.41) is 8.29. The number of fused-ring (bicyclic) bond motifs is 2. The summed E-state index contributed by atoms with van der Waals surface area (Å²) in [6.45, 7) is 1.88. The van der Waals surface area contributed by atoms with Crippen LogP contribution in [0.25, 0.3) is 5.69 Å². The summed E-state index contributed by atoms with van der Waals surface area (Å²) >= 11 is 0. The van der Waals surface area contributed by atoms with Gasteiger partial charge < -0.3 is 4.90 Å². The fourth-order valence-corrected chi connectivity index (χ4v) is 4.86. The van der Waals surface area contributed by atoms with Crippen LogP contribution in [-0.4, -0.2) is 52.8 Å². The lowest BCUT2D eigenvalue weighted by Crippen LogP contribution is -2.38. The van der Waals surface area contributed by atoms with Gasteiger partial charge in [-0.15, -0.1) is 4.80 Å². The van der Waals surface area contributed by atoms with E-state index in [-0.39, 0.29) is 23.9 Å². The molecule has 5 rings (SSSR count). The molecule has 0 N–H and O–H groups in total. The van der Waals surface area contributed by atoms with Crippen LogP contribution in [0, 0.1) is 12.8 Å². The molecule has 32 heavy (non-hydrogen) atoms. The third-order valence-electron chi connectivity index (χ3n) is 6.21. The van der Waals surface area contributed by atoms with E-state index in [1.807, 2.05) is 17.9 Å². The number of nitrogens with zero attached hydrogens (tertiary/aromatic N) is 7. The van der Waals surface area contributed by atoms with E-state index in [2.05, 4.69) is 25.1 Å². The first-order valence-corrected chi connectivity index (χ1v) is 10.4. The maximum absolute atomic E-state index is 13.5. The molecule has 166 valence electrons. The summed E-state index contributed by atoms with van der Waals surface area (Å²) in [7, 11) is 0. The van der Waals surface area contributed by atoms with Gasteiger partial charge in [0.15, 0.2) is 11.4 Å². The highest BCUT2D eigenvalue weighted by molar-refractivity contribution is 5.96. The van der Waals surface area contributed by atoms with Gasteiger partial charge in [-0.3, -0.25) is 9.78 Å². The lowest BCUT2D eigenvalue weighted by molar-refractivity contribution is -0.141. The van der Waals surface area contributed by atoms with Crippen LogP contribution in [0.3, 0.4) is 0 Å². The number of carbonyl (C=O) groups is 1. The van der Waals surface area contributed by atoms with Crippen LogP contribution in [0.15, 0.2) is 37.1 Å². The summed E-state index contributed by atoms with van der Waals surface area (Å²) in [6.07, 6.45) is 5.16. The number of carbonyl (C=O) groups excluding carboxylic acids is 1. The molecule has 0 radical (unpaired) electrons. The monoisotopic (exact) mass is 443 g/mol. The van der Waals surface area contributed by atoms with Crippen LogP contribution < -0.4 is 0 Å². The van der Waals surface area contributed by atoms with Gasteiger partial charge >= 0.3 is 6.18 Å². The van der Waals surface area contributed by atoms with Crippen molar-refractivity contribution in [1.82, 2.24) is 34.8 Å². The highest BCUT2D eigenvalue weighted by Crippen LogP contribution is 2.44. The largest absolute Gasteiger partial charge is 0.434 e. The molecular weight excluding hydrogens is 423 g/mol. The standard InChI is InChI=1S/C21H20F3N7O/c1-12-6-17(31-28-4-5-29-31)19(27-9-12)20(32)30-15-2-3-16(30)13(8-15)7-14-10-26-18(11-25-14)21(22,23)24/h4-6,9-11,13,15-16H,2-3,7-8H2,1H3. The van der Waals surface area contributed by atoms with Crippen LogP contribution in [0.4, 0.5) is 13.2 Å². The van der Waals surface area contributed by atoms with E-state index in [1.165, 1.54) is 23.4 Å². The van der Waals surface area contributed by atoms with Crippen LogP contribution >= 0.6 is 0 Å². The van der Waals surface area contributed by atoms with Crippen LogP contribution in [0.1, 0.15) is 46.7 Å². The molecule has 0 saturated carbocycles. The van der Waals surface area contributed by atoms with E-state index in [1.54, 1.807) is 6.20 Å². The molecule has 11 heteroatoms. The Hall–Kier alpha value is -3.37. The van der Waals surface area contributed by atoms with Gasteiger partial charge in [-0.2, -0.15) is 23.4 Å². The third kappa shape index (κ3) is 3.61. The summed E-state index contributed by atoms with van der Waals surface area (Å²) < 4.78 is 38.2. The van der Waals surface area contributed by atoms with Gasteiger partial charge in [0.25, 0.3) is 5.91 Å². The Balaban J connectivity index is 1.37. The zero-order chi connectivity index (χ0) is 22.5. The van der Waals surface area contributed by atoms with E-state index >= 15 is 0 Å². The molecule has 2 saturated heterocycles. The number of rotatable bonds is 4. The molecule has 2 fully saturated rings. The zero-order valence-electron chi connectivity index (χ0n) is 17.2. The van der Waals surface area contributed by atoms with Crippen molar-refractivity contribution in [3.63, 3.8) is 0 Å². The van der Waals surface area contributed by atoms with Crippen molar-refractivity contribution < 1.29 is 18.0 Å². The van der Waals surface area contributed by atoms with Gasteiger partial charge in [0.1, 0.15) is 5.69 Å². The predicted molar refractivity (Wildman–Crippen MR) is 106 cm³/mol. The van der Waals surface area contributed by atoms with Gasteiger partial charge in [-0.25, -0.2) is 9.97 Å². The molecule has 5 heterocycles. The van der Waals surface area contributed by atoms with Gasteiger partial charge in [-0.05, 0) is 50.2 Å². The van der Waals surface area contributed by atoms with Gasteiger partial charge in [0.2, 0.25) is 0 Å². The maximum Gasteiger partial charge on any atom is 0.434 e. The fourth-order valence-electron chi connectivity index (χ4n) is 4.86. The van der Waals surface area contributed by atoms with Crippen molar-refractivity contribution in [2.24, 2.45) is 5.92 Å². The number of halogens is 3. The van der Waals surface area contributed by atoms with Crippen molar-refractivity contribution in [3.8, 4) is 5.69 Å². The molecule has 0 spiro atoms. The molecule has 8 nitrogen and oxygen atoms in total. The Morgan fingerprint density at radius 3 is 2.56 bits per heavy atom. The number of pyridine rings is 1. The number of aryl methyl sites for hydroxylation is 1. The fraction of sp³-hybridized carbons (Fsp3) is 0.429. The van der Waals surface area contributed by atoms with Crippen molar-refractivity contribution >= 4 is 5.91 Å². The van der Waals surface area contributed by atoms with Crippen LogP contribution in [-0.2, 0) is 12.6 Å². The smallest absolute Gasteiger partial charge is 0.331 e. The summed E-state index contributed by atoms with van der Waals surface area (Å²) in [4.78, 5) is 28.7. The topological polar surface area (TPSA) is 89.7 Å². The molecule has 3 atom stereocenters. The number of hydrogen-bond acceptors (Lipinski definition) is 6. The summed E-state index contributed by atoms with van der Waals surface area (Å²) in [5.74, 6) is -0.0636. The molecule has 2 bridgehead atoms. The molecule has 3 aromatic heterocycles. The van der Waals surface area contributed by atoms with Gasteiger partial charge in [-0.1, -0.05) is 0 Å². The molecule has 3 aromatic rings. The van der Waals surface area contributed by atoms with Crippen molar-refractivity contribution in [3.05, 3.63) is 59.7 Å². The third-order valence-corrected chi connectivity index (χ3v) is 6.21. The first kappa shape index (κ1) is 20.5. The second kappa shape index (κ2) is 7.64. The van der Waals surface area contributed by atoms with E-state index in [0.29, 0.717) is 23.5 Å². The molecular formula is C21H20F3N7O. The summed E-state index contributed by atoms with van der Waals surface area (Å²) in [6, 6.07) is 1.88. The number of aromatic nitrogens is 6. The van der Waals surface area contributed by atoms with E-state index in [9.17, 15) is 18.0 Å². The highest BCUT2D eigenvalue weighted by Gasteiger charge is 2.49. The number of alkyl halides is 3. The van der Waals surface area contributed by atoms with Crippen LogP contribution in [0.5, 0.6) is 0 Å². The molecule has 1 amide bonds. The van der Waals surface area contributed by atoms with Crippen molar-refractivity contribution in [2.45, 2.75) is 50.9 Å². The van der Waals surface area contributed by atoms with Crippen molar-refractivity contribution in [1.29, 1.82) is 0 Å². The highest BCUT2D eigenvalue weighted by atomic mass is 19.4.